The molecule has 0 aromatic rings. The lowest BCUT2D eigenvalue weighted by Gasteiger charge is -2.36. The molecule has 162 valence electrons. The van der Waals surface area contributed by atoms with E-state index in [1.807, 2.05) is 0 Å². The van der Waals surface area contributed by atoms with Gasteiger partial charge in [0.15, 0.2) is 0 Å². The molecule has 2 aliphatic heterocycles. The van der Waals surface area contributed by atoms with Crippen LogP contribution in [-0.2, 0) is 14.9 Å². The van der Waals surface area contributed by atoms with Crippen LogP contribution in [0.25, 0.3) is 0 Å². The Kier molecular flexibility index (Phi) is 7.96. The topological polar surface area (TPSA) is 73.4 Å². The van der Waals surface area contributed by atoms with Crippen LogP contribution < -0.4 is 0 Å². The van der Waals surface area contributed by atoms with Crippen molar-refractivity contribution in [2.24, 2.45) is 5.92 Å². The lowest BCUT2D eigenvalue weighted by molar-refractivity contribution is 0.0924. The molecule has 0 bridgehead atoms. The first-order valence-corrected chi connectivity index (χ1v) is 12.3. The SMILES string of the molecule is CCOC(=O)N1CCN(S(=O)(=O)N2CCCN(CC3CCCCC3)CC2)CC1. The summed E-state index contributed by atoms with van der Waals surface area (Å²) < 4.78 is 34.4. The summed E-state index contributed by atoms with van der Waals surface area (Å²) in [4.78, 5) is 15.9. The largest absolute Gasteiger partial charge is 0.450 e. The van der Waals surface area contributed by atoms with Crippen LogP contribution in [0.4, 0.5) is 4.79 Å². The third kappa shape index (κ3) is 5.58. The number of rotatable bonds is 5. The highest BCUT2D eigenvalue weighted by atomic mass is 32.2. The van der Waals surface area contributed by atoms with Crippen LogP contribution in [0.2, 0.25) is 0 Å². The molecule has 0 radical (unpaired) electrons. The summed E-state index contributed by atoms with van der Waals surface area (Å²) in [5.74, 6) is 0.785. The van der Waals surface area contributed by atoms with Gasteiger partial charge in [0.2, 0.25) is 0 Å². The molecule has 3 fully saturated rings. The Morgan fingerprint density at radius 3 is 2.18 bits per heavy atom. The van der Waals surface area contributed by atoms with Crippen molar-refractivity contribution in [3.63, 3.8) is 0 Å². The highest BCUT2D eigenvalue weighted by Gasteiger charge is 2.34. The van der Waals surface area contributed by atoms with Crippen LogP contribution in [0.15, 0.2) is 0 Å². The van der Waals surface area contributed by atoms with E-state index in [1.165, 1.54) is 36.4 Å². The maximum atomic E-state index is 13.1. The molecule has 3 rings (SSSR count). The Labute approximate surface area is 170 Å². The first-order chi connectivity index (χ1) is 13.5. The quantitative estimate of drug-likeness (QED) is 0.681. The summed E-state index contributed by atoms with van der Waals surface area (Å²) in [6.07, 6.45) is 7.23. The van der Waals surface area contributed by atoms with E-state index in [4.69, 9.17) is 4.74 Å². The smallest absolute Gasteiger partial charge is 0.409 e. The molecule has 9 heteroatoms. The molecule has 0 spiro atoms. The number of hydrogen-bond acceptors (Lipinski definition) is 5. The lowest BCUT2D eigenvalue weighted by atomic mass is 9.89. The van der Waals surface area contributed by atoms with Crippen LogP contribution in [0.3, 0.4) is 0 Å². The third-order valence-electron chi connectivity index (χ3n) is 6.21. The maximum absolute atomic E-state index is 13.1. The van der Waals surface area contributed by atoms with E-state index in [1.54, 1.807) is 16.1 Å². The van der Waals surface area contributed by atoms with Crippen molar-refractivity contribution in [1.82, 2.24) is 18.4 Å². The fourth-order valence-corrected chi connectivity index (χ4v) is 6.20. The fourth-order valence-electron chi connectivity index (χ4n) is 4.57. The summed E-state index contributed by atoms with van der Waals surface area (Å²) in [6.45, 7) is 7.63. The van der Waals surface area contributed by atoms with Gasteiger partial charge in [0, 0.05) is 52.4 Å². The second kappa shape index (κ2) is 10.2. The van der Waals surface area contributed by atoms with Gasteiger partial charge in [0.1, 0.15) is 0 Å². The predicted molar refractivity (Wildman–Crippen MR) is 108 cm³/mol. The van der Waals surface area contributed by atoms with E-state index in [9.17, 15) is 13.2 Å². The van der Waals surface area contributed by atoms with Gasteiger partial charge in [-0.25, -0.2) is 4.79 Å². The van der Waals surface area contributed by atoms with E-state index in [-0.39, 0.29) is 6.09 Å². The van der Waals surface area contributed by atoms with Gasteiger partial charge in [-0.05, 0) is 38.6 Å². The number of ether oxygens (including phenoxy) is 1. The van der Waals surface area contributed by atoms with E-state index in [0.29, 0.717) is 45.9 Å². The molecule has 0 aromatic heterocycles. The highest BCUT2D eigenvalue weighted by Crippen LogP contribution is 2.25. The molecule has 2 saturated heterocycles. The minimum absolute atomic E-state index is 0.336. The van der Waals surface area contributed by atoms with E-state index < -0.39 is 10.2 Å². The van der Waals surface area contributed by atoms with Gasteiger partial charge in [-0.3, -0.25) is 0 Å². The van der Waals surface area contributed by atoms with Crippen molar-refractivity contribution in [2.75, 3.05) is 65.5 Å². The Morgan fingerprint density at radius 2 is 1.50 bits per heavy atom. The van der Waals surface area contributed by atoms with Crippen molar-refractivity contribution in [3.05, 3.63) is 0 Å². The monoisotopic (exact) mass is 416 g/mol. The lowest BCUT2D eigenvalue weighted by Crippen LogP contribution is -2.54. The molecule has 3 aliphatic rings. The third-order valence-corrected chi connectivity index (χ3v) is 8.24. The Balaban J connectivity index is 1.49. The molecule has 0 aromatic carbocycles. The van der Waals surface area contributed by atoms with Crippen molar-refractivity contribution >= 4 is 16.3 Å². The van der Waals surface area contributed by atoms with Crippen molar-refractivity contribution in [2.45, 2.75) is 45.4 Å². The molecule has 8 nitrogen and oxygen atoms in total. The Hall–Kier alpha value is -0.900. The second-order valence-electron chi connectivity index (χ2n) is 8.15. The Bertz CT molecular complexity index is 601. The van der Waals surface area contributed by atoms with Gasteiger partial charge in [-0.2, -0.15) is 17.0 Å². The molecular formula is C19H36N4O4S. The Morgan fingerprint density at radius 1 is 0.857 bits per heavy atom. The number of carbonyl (C=O) groups is 1. The molecule has 1 aliphatic carbocycles. The molecule has 1 amide bonds. The number of piperazine rings is 1. The zero-order valence-corrected chi connectivity index (χ0v) is 18.0. The van der Waals surface area contributed by atoms with Gasteiger partial charge < -0.3 is 14.5 Å². The summed E-state index contributed by atoms with van der Waals surface area (Å²) in [7, 11) is -3.47. The first-order valence-electron chi connectivity index (χ1n) is 10.9. The zero-order valence-electron chi connectivity index (χ0n) is 17.2. The van der Waals surface area contributed by atoms with Crippen LogP contribution in [0.5, 0.6) is 0 Å². The van der Waals surface area contributed by atoms with Crippen LogP contribution in [0.1, 0.15) is 45.4 Å². The second-order valence-corrected chi connectivity index (χ2v) is 10.1. The van der Waals surface area contributed by atoms with Gasteiger partial charge in [-0.15, -0.1) is 0 Å². The van der Waals surface area contributed by atoms with Gasteiger partial charge >= 0.3 is 6.09 Å². The van der Waals surface area contributed by atoms with Crippen molar-refractivity contribution < 1.29 is 17.9 Å². The summed E-state index contributed by atoms with van der Waals surface area (Å²) in [5.41, 5.74) is 0. The van der Waals surface area contributed by atoms with Gasteiger partial charge in [-0.1, -0.05) is 19.3 Å². The van der Waals surface area contributed by atoms with E-state index >= 15 is 0 Å². The average molecular weight is 417 g/mol. The number of carbonyl (C=O) groups excluding carboxylic acids is 1. The normalized spacial score (nSPS) is 24.8. The number of nitrogens with zero attached hydrogens (tertiary/aromatic N) is 4. The van der Waals surface area contributed by atoms with Crippen molar-refractivity contribution in [3.8, 4) is 0 Å². The molecule has 28 heavy (non-hydrogen) atoms. The minimum Gasteiger partial charge on any atom is -0.450 e. The molecule has 0 atom stereocenters. The number of hydrogen-bond donors (Lipinski definition) is 0. The molecule has 0 unspecified atom stereocenters. The van der Waals surface area contributed by atoms with Gasteiger partial charge in [0.05, 0.1) is 6.61 Å². The van der Waals surface area contributed by atoms with E-state index in [0.717, 1.165) is 32.0 Å². The number of amides is 1. The van der Waals surface area contributed by atoms with E-state index in [2.05, 4.69) is 4.90 Å². The van der Waals surface area contributed by atoms with Crippen LogP contribution in [-0.4, -0.2) is 98.4 Å². The molecular weight excluding hydrogens is 380 g/mol. The summed E-state index contributed by atoms with van der Waals surface area (Å²) in [6, 6.07) is 0. The highest BCUT2D eigenvalue weighted by molar-refractivity contribution is 7.86. The summed E-state index contributed by atoms with van der Waals surface area (Å²) >= 11 is 0. The zero-order chi connectivity index (χ0) is 20.0. The molecule has 2 heterocycles. The van der Waals surface area contributed by atoms with Crippen molar-refractivity contribution in [1.29, 1.82) is 0 Å². The summed E-state index contributed by atoms with van der Waals surface area (Å²) in [5, 5.41) is 0. The standard InChI is InChI=1S/C19H36N4O4S/c1-2-27-19(24)21-12-15-23(16-13-21)28(25,26)22-10-6-9-20(11-14-22)17-18-7-4-3-5-8-18/h18H,2-17H2,1H3. The maximum Gasteiger partial charge on any atom is 0.409 e. The first kappa shape index (κ1) is 21.8. The fraction of sp³-hybridized carbons (Fsp3) is 0.947. The van der Waals surface area contributed by atoms with Crippen LogP contribution >= 0.6 is 0 Å². The van der Waals surface area contributed by atoms with Crippen LogP contribution in [0, 0.1) is 5.92 Å². The average Bonchev–Trinajstić information content (AvgIpc) is 2.95. The molecule has 1 saturated carbocycles. The predicted octanol–water partition coefficient (Wildman–Crippen LogP) is 1.59. The molecule has 0 N–H and O–H groups in total. The minimum atomic E-state index is -3.47. The van der Waals surface area contributed by atoms with Gasteiger partial charge in [0.25, 0.3) is 10.2 Å².